The van der Waals surface area contributed by atoms with Crippen LogP contribution < -0.4 is 10.1 Å². The van der Waals surface area contributed by atoms with Crippen molar-refractivity contribution in [3.8, 4) is 5.75 Å². The highest BCUT2D eigenvalue weighted by molar-refractivity contribution is 6.32. The van der Waals surface area contributed by atoms with Crippen LogP contribution in [0.25, 0.3) is 0 Å². The number of piperidine rings is 1. The topological polar surface area (TPSA) is 41.6 Å². The van der Waals surface area contributed by atoms with Crippen molar-refractivity contribution in [2.75, 3.05) is 33.3 Å². The van der Waals surface area contributed by atoms with E-state index in [0.29, 0.717) is 10.8 Å². The molecule has 2 rings (SSSR count). The van der Waals surface area contributed by atoms with Crippen molar-refractivity contribution in [2.24, 2.45) is 5.92 Å². The van der Waals surface area contributed by atoms with Gasteiger partial charge in [-0.1, -0.05) is 23.7 Å². The molecule has 1 N–H and O–H groups in total. The second-order valence-corrected chi connectivity index (χ2v) is 5.84. The number of nitrogens with zero attached hydrogens (tertiary/aromatic N) is 1. The van der Waals surface area contributed by atoms with Crippen LogP contribution in [0.4, 0.5) is 0 Å². The highest BCUT2D eigenvalue weighted by Gasteiger charge is 2.22. The third-order valence-corrected chi connectivity index (χ3v) is 4.27. The highest BCUT2D eigenvalue weighted by atomic mass is 35.5. The maximum absolute atomic E-state index is 12.1. The van der Waals surface area contributed by atoms with Gasteiger partial charge >= 0.3 is 0 Å². The molecule has 22 heavy (non-hydrogen) atoms. The fraction of sp³-hybridized carbons (Fsp3) is 0.562. The van der Waals surface area contributed by atoms with E-state index < -0.39 is 0 Å². The van der Waals surface area contributed by atoms with Crippen molar-refractivity contribution in [1.82, 2.24) is 10.2 Å². The quantitative estimate of drug-likeness (QED) is 0.860. The number of carbonyl (C=O) groups is 1. The van der Waals surface area contributed by atoms with Crippen LogP contribution in [0.2, 0.25) is 5.02 Å². The van der Waals surface area contributed by atoms with E-state index in [0.717, 1.165) is 38.4 Å². The lowest BCUT2D eigenvalue weighted by atomic mass is 9.93. The van der Waals surface area contributed by atoms with Gasteiger partial charge in [-0.25, -0.2) is 0 Å². The molecular formula is C16H24Cl2N2O2. The molecule has 0 spiro atoms. The van der Waals surface area contributed by atoms with Gasteiger partial charge in [0.2, 0.25) is 0 Å². The largest absolute Gasteiger partial charge is 0.482 e. The predicted molar refractivity (Wildman–Crippen MR) is 92.0 cm³/mol. The number of para-hydroxylation sites is 1. The average molecular weight is 347 g/mol. The van der Waals surface area contributed by atoms with Gasteiger partial charge < -0.3 is 15.0 Å². The van der Waals surface area contributed by atoms with Crippen molar-refractivity contribution >= 4 is 29.9 Å². The molecule has 1 aliphatic rings. The minimum absolute atomic E-state index is 0. The van der Waals surface area contributed by atoms with Gasteiger partial charge in [0, 0.05) is 13.1 Å². The second kappa shape index (κ2) is 9.93. The summed E-state index contributed by atoms with van der Waals surface area (Å²) < 4.78 is 5.51. The van der Waals surface area contributed by atoms with Crippen molar-refractivity contribution in [3.05, 3.63) is 29.3 Å². The van der Waals surface area contributed by atoms with E-state index in [4.69, 9.17) is 16.3 Å². The molecule has 0 saturated carbocycles. The molecule has 0 radical (unpaired) electrons. The average Bonchev–Trinajstić information content (AvgIpc) is 2.52. The van der Waals surface area contributed by atoms with Crippen LogP contribution in [0.5, 0.6) is 5.75 Å². The lowest BCUT2D eigenvalue weighted by molar-refractivity contribution is -0.134. The van der Waals surface area contributed by atoms with Crippen molar-refractivity contribution in [2.45, 2.75) is 19.3 Å². The summed E-state index contributed by atoms with van der Waals surface area (Å²) in [6.45, 7) is 2.78. The molecule has 0 aromatic heterocycles. The SMILES string of the molecule is CNCCC1CCN(C(=O)COc2ccccc2Cl)CC1.Cl. The van der Waals surface area contributed by atoms with Crippen LogP contribution in [0.1, 0.15) is 19.3 Å². The normalized spacial score (nSPS) is 15.3. The summed E-state index contributed by atoms with van der Waals surface area (Å²) in [4.78, 5) is 14.0. The Balaban J connectivity index is 0.00000242. The summed E-state index contributed by atoms with van der Waals surface area (Å²) in [7, 11) is 1.98. The Kier molecular flexibility index (Phi) is 8.61. The lowest BCUT2D eigenvalue weighted by Crippen LogP contribution is -2.41. The maximum atomic E-state index is 12.1. The number of nitrogens with one attached hydrogen (secondary N) is 1. The number of ether oxygens (including phenoxy) is 1. The molecular weight excluding hydrogens is 323 g/mol. The molecule has 0 atom stereocenters. The Hall–Kier alpha value is -0.970. The van der Waals surface area contributed by atoms with E-state index in [-0.39, 0.29) is 24.9 Å². The van der Waals surface area contributed by atoms with Crippen LogP contribution in [-0.4, -0.2) is 44.1 Å². The summed E-state index contributed by atoms with van der Waals surface area (Å²) in [6, 6.07) is 7.22. The van der Waals surface area contributed by atoms with Gasteiger partial charge in [0.15, 0.2) is 6.61 Å². The van der Waals surface area contributed by atoms with Gasteiger partial charge in [-0.3, -0.25) is 4.79 Å². The number of likely N-dealkylation sites (tertiary alicyclic amines) is 1. The first-order chi connectivity index (χ1) is 10.2. The Morgan fingerprint density at radius 2 is 2.05 bits per heavy atom. The smallest absolute Gasteiger partial charge is 0.260 e. The molecule has 0 aliphatic carbocycles. The van der Waals surface area contributed by atoms with E-state index in [2.05, 4.69) is 5.32 Å². The molecule has 1 aromatic rings. The number of hydrogen-bond acceptors (Lipinski definition) is 3. The number of halogens is 2. The number of benzene rings is 1. The van der Waals surface area contributed by atoms with E-state index in [1.807, 2.05) is 24.1 Å². The van der Waals surface area contributed by atoms with Crippen molar-refractivity contribution in [3.63, 3.8) is 0 Å². The monoisotopic (exact) mass is 346 g/mol. The fourth-order valence-electron chi connectivity index (χ4n) is 2.61. The predicted octanol–water partition coefficient (Wildman–Crippen LogP) is 2.99. The van der Waals surface area contributed by atoms with Gasteiger partial charge in [0.05, 0.1) is 5.02 Å². The van der Waals surface area contributed by atoms with Crippen molar-refractivity contribution < 1.29 is 9.53 Å². The first-order valence-electron chi connectivity index (χ1n) is 7.50. The van der Waals surface area contributed by atoms with Crippen molar-refractivity contribution in [1.29, 1.82) is 0 Å². The number of amides is 1. The zero-order chi connectivity index (χ0) is 15.1. The number of rotatable bonds is 6. The van der Waals surface area contributed by atoms with E-state index >= 15 is 0 Å². The zero-order valence-electron chi connectivity index (χ0n) is 12.9. The van der Waals surface area contributed by atoms with E-state index in [1.54, 1.807) is 12.1 Å². The van der Waals surface area contributed by atoms with E-state index in [1.165, 1.54) is 6.42 Å². The third-order valence-electron chi connectivity index (χ3n) is 3.96. The Labute approximate surface area is 143 Å². The van der Waals surface area contributed by atoms with Crippen LogP contribution in [0.3, 0.4) is 0 Å². The second-order valence-electron chi connectivity index (χ2n) is 5.44. The maximum Gasteiger partial charge on any atom is 0.260 e. The molecule has 1 saturated heterocycles. The Bertz CT molecular complexity index is 463. The highest BCUT2D eigenvalue weighted by Crippen LogP contribution is 2.24. The first-order valence-corrected chi connectivity index (χ1v) is 7.88. The molecule has 1 aromatic carbocycles. The van der Waals surface area contributed by atoms with Gasteiger partial charge in [0.25, 0.3) is 5.91 Å². The van der Waals surface area contributed by atoms with Gasteiger partial charge in [-0.05, 0) is 50.9 Å². The molecule has 124 valence electrons. The van der Waals surface area contributed by atoms with Gasteiger partial charge in [-0.2, -0.15) is 0 Å². The molecule has 0 bridgehead atoms. The zero-order valence-corrected chi connectivity index (χ0v) is 14.5. The molecule has 0 unspecified atom stereocenters. The van der Waals surface area contributed by atoms with E-state index in [9.17, 15) is 4.79 Å². The summed E-state index contributed by atoms with van der Waals surface area (Å²) in [5.74, 6) is 1.34. The molecule has 4 nitrogen and oxygen atoms in total. The third kappa shape index (κ3) is 5.67. The van der Waals surface area contributed by atoms with Gasteiger partial charge in [0.1, 0.15) is 5.75 Å². The first kappa shape index (κ1) is 19.1. The summed E-state index contributed by atoms with van der Waals surface area (Å²) in [5, 5.41) is 3.72. The molecule has 1 aliphatic heterocycles. The summed E-state index contributed by atoms with van der Waals surface area (Å²) in [6.07, 6.45) is 3.35. The number of carbonyl (C=O) groups excluding carboxylic acids is 1. The minimum atomic E-state index is 0. The van der Waals surface area contributed by atoms with Crippen LogP contribution in [0, 0.1) is 5.92 Å². The molecule has 1 fully saturated rings. The van der Waals surface area contributed by atoms with Crippen LogP contribution in [0.15, 0.2) is 24.3 Å². The molecule has 6 heteroatoms. The standard InChI is InChI=1S/C16H23ClN2O2.ClH/c1-18-9-6-13-7-10-19(11-8-13)16(20)12-21-15-5-3-2-4-14(15)17;/h2-5,13,18H,6-12H2,1H3;1H. The molecule has 1 heterocycles. The fourth-order valence-corrected chi connectivity index (χ4v) is 2.80. The van der Waals surface area contributed by atoms with Crippen LogP contribution >= 0.6 is 24.0 Å². The molecule has 1 amide bonds. The summed E-state index contributed by atoms with van der Waals surface area (Å²) in [5.41, 5.74) is 0. The number of hydrogen-bond donors (Lipinski definition) is 1. The lowest BCUT2D eigenvalue weighted by Gasteiger charge is -2.32. The van der Waals surface area contributed by atoms with Gasteiger partial charge in [-0.15, -0.1) is 12.4 Å². The Morgan fingerprint density at radius 3 is 2.68 bits per heavy atom. The summed E-state index contributed by atoms with van der Waals surface area (Å²) >= 11 is 6.01. The Morgan fingerprint density at radius 1 is 1.36 bits per heavy atom. The minimum Gasteiger partial charge on any atom is -0.482 e. The van der Waals surface area contributed by atoms with Crippen LogP contribution in [-0.2, 0) is 4.79 Å².